The quantitative estimate of drug-likeness (QED) is 0.755. The van der Waals surface area contributed by atoms with Crippen LogP contribution >= 0.6 is 0 Å². The predicted molar refractivity (Wildman–Crippen MR) is 80.1 cm³/mol. The van der Waals surface area contributed by atoms with Gasteiger partial charge in [0.1, 0.15) is 0 Å². The molecule has 0 bridgehead atoms. The Labute approximate surface area is 118 Å². The highest BCUT2D eigenvalue weighted by molar-refractivity contribution is 5.91. The lowest BCUT2D eigenvalue weighted by Gasteiger charge is -2.12. The van der Waals surface area contributed by atoms with Crippen molar-refractivity contribution in [2.75, 3.05) is 11.9 Å². The number of carbonyl (C=O) groups excluding carboxylic acids is 1. The zero-order valence-electron chi connectivity index (χ0n) is 11.6. The summed E-state index contributed by atoms with van der Waals surface area (Å²) in [5.41, 5.74) is 8.33. The van der Waals surface area contributed by atoms with E-state index in [1.54, 1.807) is 6.20 Å². The first-order chi connectivity index (χ1) is 9.72. The van der Waals surface area contributed by atoms with Gasteiger partial charge in [-0.25, -0.2) is 0 Å². The Morgan fingerprint density at radius 3 is 2.95 bits per heavy atom. The molecule has 0 fully saturated rings. The normalized spacial score (nSPS) is 12.1. The average molecular weight is 272 g/mol. The fourth-order valence-corrected chi connectivity index (χ4v) is 2.05. The molecule has 5 heteroatoms. The van der Waals surface area contributed by atoms with Gasteiger partial charge >= 0.3 is 0 Å². The van der Waals surface area contributed by atoms with Crippen LogP contribution in [0.4, 0.5) is 5.69 Å². The van der Waals surface area contributed by atoms with E-state index >= 15 is 0 Å². The first-order valence-electron chi connectivity index (χ1n) is 6.82. The molecule has 5 nitrogen and oxygen atoms in total. The molecule has 20 heavy (non-hydrogen) atoms. The Morgan fingerprint density at radius 1 is 1.45 bits per heavy atom. The second-order valence-corrected chi connectivity index (χ2v) is 4.81. The Hall–Kier alpha value is -2.14. The topological polar surface area (TPSA) is 83.8 Å². The molecule has 1 aromatic heterocycles. The van der Waals surface area contributed by atoms with Crippen molar-refractivity contribution in [3.05, 3.63) is 36.5 Å². The molecule has 0 radical (unpaired) electrons. The molecule has 0 aliphatic rings. The van der Waals surface area contributed by atoms with E-state index < -0.39 is 0 Å². The molecule has 0 saturated heterocycles. The fourth-order valence-electron chi connectivity index (χ4n) is 2.05. The Kier molecular flexibility index (Phi) is 4.90. The summed E-state index contributed by atoms with van der Waals surface area (Å²) in [6.45, 7) is 2.59. The van der Waals surface area contributed by atoms with E-state index in [9.17, 15) is 4.79 Å². The third-order valence-electron chi connectivity index (χ3n) is 3.34. The lowest BCUT2D eigenvalue weighted by atomic mass is 10.0. The van der Waals surface area contributed by atoms with E-state index in [1.807, 2.05) is 37.3 Å². The van der Waals surface area contributed by atoms with Gasteiger partial charge in [-0.05, 0) is 30.7 Å². The maximum atomic E-state index is 12.0. The molecular formula is C15H20N4O. The molecule has 1 aromatic carbocycles. The third-order valence-corrected chi connectivity index (χ3v) is 3.34. The summed E-state index contributed by atoms with van der Waals surface area (Å²) in [4.78, 5) is 12.0. The summed E-state index contributed by atoms with van der Waals surface area (Å²) in [7, 11) is 0. The number of rotatable bonds is 6. The van der Waals surface area contributed by atoms with E-state index in [2.05, 4.69) is 15.5 Å². The summed E-state index contributed by atoms with van der Waals surface area (Å²) in [6, 6.07) is 9.57. The van der Waals surface area contributed by atoms with Gasteiger partial charge < -0.3 is 11.1 Å². The number of carbonyl (C=O) groups is 1. The highest BCUT2D eigenvalue weighted by Crippen LogP contribution is 2.20. The smallest absolute Gasteiger partial charge is 0.224 e. The number of benzene rings is 1. The molecule has 4 N–H and O–H groups in total. The number of aromatic nitrogens is 2. The number of anilines is 1. The van der Waals surface area contributed by atoms with Crippen LogP contribution in [0.2, 0.25) is 0 Å². The maximum absolute atomic E-state index is 12.0. The minimum atomic E-state index is 0.00376. The summed E-state index contributed by atoms with van der Waals surface area (Å²) in [6.07, 6.45) is 3.08. The molecule has 0 aliphatic heterocycles. The number of amides is 1. The van der Waals surface area contributed by atoms with Crippen molar-refractivity contribution in [2.24, 2.45) is 11.7 Å². The number of H-pyrrole nitrogens is 1. The van der Waals surface area contributed by atoms with Gasteiger partial charge in [-0.15, -0.1) is 0 Å². The molecule has 0 saturated carbocycles. The summed E-state index contributed by atoms with van der Waals surface area (Å²) >= 11 is 0. The lowest BCUT2D eigenvalue weighted by molar-refractivity contribution is -0.117. The number of nitrogens with zero attached hydrogens (tertiary/aromatic N) is 1. The van der Waals surface area contributed by atoms with Gasteiger partial charge in [0, 0.05) is 23.9 Å². The highest BCUT2D eigenvalue weighted by Gasteiger charge is 2.11. The van der Waals surface area contributed by atoms with Crippen LogP contribution in [0.3, 0.4) is 0 Å². The molecule has 1 amide bonds. The molecule has 1 unspecified atom stereocenters. The van der Waals surface area contributed by atoms with Crippen molar-refractivity contribution in [3.63, 3.8) is 0 Å². The zero-order valence-corrected chi connectivity index (χ0v) is 11.6. The maximum Gasteiger partial charge on any atom is 0.224 e. The van der Waals surface area contributed by atoms with Crippen LogP contribution in [0.1, 0.15) is 19.8 Å². The van der Waals surface area contributed by atoms with Crippen molar-refractivity contribution in [1.29, 1.82) is 0 Å². The van der Waals surface area contributed by atoms with Crippen LogP contribution < -0.4 is 11.1 Å². The number of hydrogen-bond donors (Lipinski definition) is 3. The average Bonchev–Trinajstić information content (AvgIpc) is 2.99. The van der Waals surface area contributed by atoms with Crippen LogP contribution in [0.25, 0.3) is 11.3 Å². The largest absolute Gasteiger partial charge is 0.330 e. The van der Waals surface area contributed by atoms with Gasteiger partial charge in [-0.1, -0.05) is 25.5 Å². The molecule has 0 spiro atoms. The summed E-state index contributed by atoms with van der Waals surface area (Å²) in [5, 5.41) is 9.74. The molecular weight excluding hydrogens is 252 g/mol. The SMILES string of the molecule is CCC(CN)CC(=O)Nc1cccc(-c2ccn[nH]2)c1. The van der Waals surface area contributed by atoms with Gasteiger partial charge in [0.2, 0.25) is 5.91 Å². The molecule has 0 aliphatic carbocycles. The number of nitrogens with two attached hydrogens (primary N) is 1. The van der Waals surface area contributed by atoms with E-state index in [-0.39, 0.29) is 11.8 Å². The van der Waals surface area contributed by atoms with Gasteiger partial charge in [0.25, 0.3) is 0 Å². The standard InChI is InChI=1S/C15H20N4O/c1-2-11(10-16)8-15(20)18-13-5-3-4-12(9-13)14-6-7-17-19-14/h3-7,9,11H,2,8,10,16H2,1H3,(H,17,19)(H,18,20). The highest BCUT2D eigenvalue weighted by atomic mass is 16.1. The minimum Gasteiger partial charge on any atom is -0.330 e. The Balaban J connectivity index is 2.03. The monoisotopic (exact) mass is 272 g/mol. The van der Waals surface area contributed by atoms with Crippen LogP contribution in [0.15, 0.2) is 36.5 Å². The van der Waals surface area contributed by atoms with Crippen molar-refractivity contribution < 1.29 is 4.79 Å². The molecule has 1 heterocycles. The van der Waals surface area contributed by atoms with E-state index in [1.165, 1.54) is 0 Å². The fraction of sp³-hybridized carbons (Fsp3) is 0.333. The van der Waals surface area contributed by atoms with E-state index in [0.717, 1.165) is 23.4 Å². The molecule has 106 valence electrons. The van der Waals surface area contributed by atoms with E-state index in [0.29, 0.717) is 13.0 Å². The Morgan fingerprint density at radius 2 is 2.30 bits per heavy atom. The zero-order chi connectivity index (χ0) is 14.4. The predicted octanol–water partition coefficient (Wildman–Crippen LogP) is 2.39. The van der Waals surface area contributed by atoms with Crippen molar-refractivity contribution in [3.8, 4) is 11.3 Å². The van der Waals surface area contributed by atoms with Gasteiger partial charge in [-0.3, -0.25) is 9.89 Å². The second kappa shape index (κ2) is 6.86. The minimum absolute atomic E-state index is 0.00376. The number of nitrogens with one attached hydrogen (secondary N) is 2. The van der Waals surface area contributed by atoms with Gasteiger partial charge in [0.15, 0.2) is 0 Å². The van der Waals surface area contributed by atoms with Crippen LogP contribution in [-0.2, 0) is 4.79 Å². The van der Waals surface area contributed by atoms with Gasteiger partial charge in [-0.2, -0.15) is 5.10 Å². The lowest BCUT2D eigenvalue weighted by Crippen LogP contribution is -2.21. The third kappa shape index (κ3) is 3.68. The number of hydrogen-bond acceptors (Lipinski definition) is 3. The Bertz CT molecular complexity index is 547. The first-order valence-corrected chi connectivity index (χ1v) is 6.82. The van der Waals surface area contributed by atoms with Crippen molar-refractivity contribution in [1.82, 2.24) is 10.2 Å². The molecule has 1 atom stereocenters. The van der Waals surface area contributed by atoms with Crippen molar-refractivity contribution in [2.45, 2.75) is 19.8 Å². The second-order valence-electron chi connectivity index (χ2n) is 4.81. The van der Waals surface area contributed by atoms with Gasteiger partial charge in [0.05, 0.1) is 5.69 Å². The van der Waals surface area contributed by atoms with E-state index in [4.69, 9.17) is 5.73 Å². The first kappa shape index (κ1) is 14.3. The van der Waals surface area contributed by atoms with Crippen molar-refractivity contribution >= 4 is 11.6 Å². The summed E-state index contributed by atoms with van der Waals surface area (Å²) < 4.78 is 0. The molecule has 2 aromatic rings. The van der Waals surface area contributed by atoms with Crippen LogP contribution in [-0.4, -0.2) is 22.6 Å². The van der Waals surface area contributed by atoms with Crippen LogP contribution in [0.5, 0.6) is 0 Å². The number of aromatic amines is 1. The molecule has 2 rings (SSSR count). The summed E-state index contributed by atoms with van der Waals surface area (Å²) in [5.74, 6) is 0.245. The van der Waals surface area contributed by atoms with Crippen LogP contribution in [0, 0.1) is 5.92 Å².